The Morgan fingerprint density at radius 3 is 2.95 bits per heavy atom. The van der Waals surface area contributed by atoms with Crippen LogP contribution in [0.2, 0.25) is 0 Å². The molecular formula is C12H12FN3OS2. The summed E-state index contributed by atoms with van der Waals surface area (Å²) in [5.41, 5.74) is 0.117. The van der Waals surface area contributed by atoms with Gasteiger partial charge in [0.25, 0.3) is 0 Å². The number of anilines is 1. The van der Waals surface area contributed by atoms with E-state index in [2.05, 4.69) is 15.5 Å². The highest BCUT2D eigenvalue weighted by Crippen LogP contribution is 2.26. The fourth-order valence-electron chi connectivity index (χ4n) is 1.38. The SMILES string of the molecule is CCNc1nnc(SCC(=O)c2ccccc2F)s1. The second-order valence-corrected chi connectivity index (χ2v) is 5.80. The van der Waals surface area contributed by atoms with E-state index >= 15 is 0 Å². The van der Waals surface area contributed by atoms with Crippen LogP contribution >= 0.6 is 23.1 Å². The number of benzene rings is 1. The van der Waals surface area contributed by atoms with Crippen LogP contribution in [0.1, 0.15) is 17.3 Å². The Balaban J connectivity index is 1.95. The molecule has 1 aromatic heterocycles. The van der Waals surface area contributed by atoms with E-state index in [1.54, 1.807) is 12.1 Å². The molecule has 0 unspecified atom stereocenters. The Hall–Kier alpha value is -1.47. The molecule has 4 nitrogen and oxygen atoms in total. The molecule has 7 heteroatoms. The van der Waals surface area contributed by atoms with E-state index in [1.165, 1.54) is 35.2 Å². The Kier molecular flexibility index (Phi) is 4.86. The molecule has 0 aliphatic carbocycles. The summed E-state index contributed by atoms with van der Waals surface area (Å²) in [7, 11) is 0. The van der Waals surface area contributed by atoms with Crippen LogP contribution < -0.4 is 5.32 Å². The topological polar surface area (TPSA) is 54.9 Å². The number of rotatable bonds is 6. The average Bonchev–Trinajstić information content (AvgIpc) is 2.85. The number of nitrogens with zero attached hydrogens (tertiary/aromatic N) is 2. The lowest BCUT2D eigenvalue weighted by Crippen LogP contribution is -2.04. The van der Waals surface area contributed by atoms with Crippen molar-refractivity contribution in [3.05, 3.63) is 35.6 Å². The number of halogens is 1. The highest BCUT2D eigenvalue weighted by Gasteiger charge is 2.13. The third-order valence-corrected chi connectivity index (χ3v) is 4.25. The molecule has 0 bridgehead atoms. The van der Waals surface area contributed by atoms with E-state index in [0.717, 1.165) is 11.7 Å². The number of carbonyl (C=O) groups is 1. The second-order valence-electron chi connectivity index (χ2n) is 3.60. The molecule has 0 aliphatic rings. The number of hydrogen-bond acceptors (Lipinski definition) is 6. The summed E-state index contributed by atoms with van der Waals surface area (Å²) >= 11 is 2.65. The van der Waals surface area contributed by atoms with Gasteiger partial charge in [-0.15, -0.1) is 10.2 Å². The summed E-state index contributed by atoms with van der Waals surface area (Å²) in [6.45, 7) is 2.74. The first-order valence-corrected chi connectivity index (χ1v) is 7.49. The molecule has 0 saturated carbocycles. The first-order chi connectivity index (χ1) is 9.20. The van der Waals surface area contributed by atoms with Gasteiger partial charge in [0, 0.05) is 6.54 Å². The summed E-state index contributed by atoms with van der Waals surface area (Å²) in [5, 5.41) is 11.6. The number of ketones is 1. The van der Waals surface area contributed by atoms with E-state index in [1.807, 2.05) is 6.92 Å². The van der Waals surface area contributed by atoms with Crippen molar-refractivity contribution >= 4 is 34.0 Å². The Morgan fingerprint density at radius 2 is 2.21 bits per heavy atom. The molecule has 0 spiro atoms. The van der Waals surface area contributed by atoms with Crippen LogP contribution in [-0.4, -0.2) is 28.3 Å². The van der Waals surface area contributed by atoms with Gasteiger partial charge in [0.05, 0.1) is 11.3 Å². The van der Waals surface area contributed by atoms with E-state index in [9.17, 15) is 9.18 Å². The minimum atomic E-state index is -0.487. The zero-order valence-corrected chi connectivity index (χ0v) is 11.9. The molecule has 100 valence electrons. The van der Waals surface area contributed by atoms with Crippen molar-refractivity contribution in [2.45, 2.75) is 11.3 Å². The summed E-state index contributed by atoms with van der Waals surface area (Å²) in [6.07, 6.45) is 0. The Labute approximate surface area is 118 Å². The molecule has 0 aliphatic heterocycles. The number of thioether (sulfide) groups is 1. The van der Waals surface area contributed by atoms with Crippen molar-refractivity contribution in [1.29, 1.82) is 0 Å². The maximum absolute atomic E-state index is 13.4. The molecule has 1 N–H and O–H groups in total. The zero-order valence-electron chi connectivity index (χ0n) is 10.2. The molecule has 1 heterocycles. The van der Waals surface area contributed by atoms with Gasteiger partial charge in [-0.3, -0.25) is 4.79 Å². The maximum atomic E-state index is 13.4. The minimum Gasteiger partial charge on any atom is -0.360 e. The van der Waals surface area contributed by atoms with Crippen molar-refractivity contribution < 1.29 is 9.18 Å². The molecule has 1 aromatic carbocycles. The van der Waals surface area contributed by atoms with Gasteiger partial charge in [-0.1, -0.05) is 35.2 Å². The lowest BCUT2D eigenvalue weighted by Gasteiger charge is -2.00. The molecule has 2 aromatic rings. The maximum Gasteiger partial charge on any atom is 0.206 e. The molecule has 19 heavy (non-hydrogen) atoms. The molecule has 0 saturated heterocycles. The number of carbonyl (C=O) groups excluding carboxylic acids is 1. The Morgan fingerprint density at radius 1 is 1.42 bits per heavy atom. The summed E-state index contributed by atoms with van der Waals surface area (Å²) < 4.78 is 14.1. The predicted octanol–water partition coefficient (Wildman–Crippen LogP) is 3.08. The zero-order chi connectivity index (χ0) is 13.7. The van der Waals surface area contributed by atoms with Crippen LogP contribution in [0.15, 0.2) is 28.6 Å². The summed E-state index contributed by atoms with van der Waals surface area (Å²) in [4.78, 5) is 11.9. The van der Waals surface area contributed by atoms with Gasteiger partial charge < -0.3 is 5.32 Å². The molecule has 0 radical (unpaired) electrons. The van der Waals surface area contributed by atoms with E-state index in [4.69, 9.17) is 0 Å². The van der Waals surface area contributed by atoms with Gasteiger partial charge in [0.15, 0.2) is 10.1 Å². The highest BCUT2D eigenvalue weighted by molar-refractivity contribution is 8.01. The van der Waals surface area contributed by atoms with Crippen LogP contribution in [0, 0.1) is 5.82 Å². The average molecular weight is 297 g/mol. The van der Waals surface area contributed by atoms with Gasteiger partial charge >= 0.3 is 0 Å². The first-order valence-electron chi connectivity index (χ1n) is 5.68. The molecular weight excluding hydrogens is 285 g/mol. The second kappa shape index (κ2) is 6.63. The van der Waals surface area contributed by atoms with E-state index < -0.39 is 5.82 Å². The predicted molar refractivity (Wildman–Crippen MR) is 75.5 cm³/mol. The third-order valence-electron chi connectivity index (χ3n) is 2.24. The largest absolute Gasteiger partial charge is 0.360 e. The first kappa shape index (κ1) is 14.0. The standard InChI is InChI=1S/C12H12FN3OS2/c1-2-14-11-15-16-12(19-11)18-7-10(17)8-5-3-4-6-9(8)13/h3-6H,2,7H2,1H3,(H,14,15). The van der Waals surface area contributed by atoms with Crippen LogP contribution in [-0.2, 0) is 0 Å². The smallest absolute Gasteiger partial charge is 0.206 e. The van der Waals surface area contributed by atoms with Crippen LogP contribution in [0.4, 0.5) is 9.52 Å². The van der Waals surface area contributed by atoms with Gasteiger partial charge in [-0.25, -0.2) is 4.39 Å². The fourth-order valence-corrected chi connectivity index (χ4v) is 3.09. The molecule has 0 amide bonds. The van der Waals surface area contributed by atoms with Gasteiger partial charge in [0.1, 0.15) is 5.82 Å². The normalized spacial score (nSPS) is 10.4. The van der Waals surface area contributed by atoms with E-state index in [-0.39, 0.29) is 17.1 Å². The van der Waals surface area contributed by atoms with Crippen LogP contribution in [0.5, 0.6) is 0 Å². The lowest BCUT2D eigenvalue weighted by molar-refractivity contribution is 0.101. The Bertz CT molecular complexity index is 574. The fraction of sp³-hybridized carbons (Fsp3) is 0.250. The number of Topliss-reactive ketones (excluding diaryl/α,β-unsaturated/α-hetero) is 1. The highest BCUT2D eigenvalue weighted by atomic mass is 32.2. The van der Waals surface area contributed by atoms with Crippen molar-refractivity contribution in [1.82, 2.24) is 10.2 Å². The number of hydrogen-bond donors (Lipinski definition) is 1. The minimum absolute atomic E-state index is 0.117. The summed E-state index contributed by atoms with van der Waals surface area (Å²) in [6, 6.07) is 5.98. The van der Waals surface area contributed by atoms with Gasteiger partial charge in [0.2, 0.25) is 5.13 Å². The molecule has 2 rings (SSSR count). The monoisotopic (exact) mass is 297 g/mol. The van der Waals surface area contributed by atoms with Crippen LogP contribution in [0.25, 0.3) is 0 Å². The van der Waals surface area contributed by atoms with E-state index in [0.29, 0.717) is 4.34 Å². The van der Waals surface area contributed by atoms with Gasteiger partial charge in [-0.05, 0) is 19.1 Å². The third kappa shape index (κ3) is 3.74. The number of nitrogens with one attached hydrogen (secondary N) is 1. The lowest BCUT2D eigenvalue weighted by atomic mass is 10.1. The van der Waals surface area contributed by atoms with Crippen molar-refractivity contribution in [2.24, 2.45) is 0 Å². The number of aromatic nitrogens is 2. The van der Waals surface area contributed by atoms with Crippen molar-refractivity contribution in [3.63, 3.8) is 0 Å². The molecule has 0 fully saturated rings. The van der Waals surface area contributed by atoms with Crippen LogP contribution in [0.3, 0.4) is 0 Å². The van der Waals surface area contributed by atoms with Crippen molar-refractivity contribution in [3.8, 4) is 0 Å². The molecule has 0 atom stereocenters. The van der Waals surface area contributed by atoms with Crippen molar-refractivity contribution in [2.75, 3.05) is 17.6 Å². The summed E-state index contributed by atoms with van der Waals surface area (Å²) in [5.74, 6) is -0.580. The van der Waals surface area contributed by atoms with Gasteiger partial charge in [-0.2, -0.15) is 0 Å². The quantitative estimate of drug-likeness (QED) is 0.656.